The Balaban J connectivity index is 1.60. The summed E-state index contributed by atoms with van der Waals surface area (Å²) in [5.41, 5.74) is 1.91. The summed E-state index contributed by atoms with van der Waals surface area (Å²) in [6.45, 7) is 2.90. The molecule has 1 amide bonds. The van der Waals surface area contributed by atoms with Crippen LogP contribution in [0.3, 0.4) is 0 Å². The normalized spacial score (nSPS) is 13.3. The van der Waals surface area contributed by atoms with E-state index in [9.17, 15) is 14.4 Å². The number of hydrogen-bond donors (Lipinski definition) is 1. The molecule has 1 aliphatic carbocycles. The predicted octanol–water partition coefficient (Wildman–Crippen LogP) is 3.99. The van der Waals surface area contributed by atoms with Gasteiger partial charge in [-0.1, -0.05) is 18.6 Å². The summed E-state index contributed by atoms with van der Waals surface area (Å²) in [7, 11) is 0. The second kappa shape index (κ2) is 12.8. The zero-order chi connectivity index (χ0) is 20.9. The molecule has 158 valence electrons. The average Bonchev–Trinajstić information content (AvgIpc) is 2.75. The van der Waals surface area contributed by atoms with E-state index in [2.05, 4.69) is 11.4 Å². The van der Waals surface area contributed by atoms with E-state index in [4.69, 9.17) is 9.47 Å². The van der Waals surface area contributed by atoms with Crippen molar-refractivity contribution in [3.63, 3.8) is 0 Å². The van der Waals surface area contributed by atoms with Crippen LogP contribution < -0.4 is 10.1 Å². The van der Waals surface area contributed by atoms with Crippen molar-refractivity contribution in [3.8, 4) is 5.75 Å². The highest BCUT2D eigenvalue weighted by molar-refractivity contribution is 5.97. The number of carbonyl (C=O) groups excluding carboxylic acids is 3. The first-order valence-corrected chi connectivity index (χ1v) is 10.4. The van der Waals surface area contributed by atoms with Gasteiger partial charge in [-0.3, -0.25) is 14.4 Å². The van der Waals surface area contributed by atoms with Gasteiger partial charge in [0.15, 0.2) is 12.4 Å². The molecule has 6 heteroatoms. The third-order valence-corrected chi connectivity index (χ3v) is 4.72. The van der Waals surface area contributed by atoms with Crippen molar-refractivity contribution < 1.29 is 23.9 Å². The average molecular weight is 402 g/mol. The first-order chi connectivity index (χ1) is 14.1. The summed E-state index contributed by atoms with van der Waals surface area (Å²) in [6, 6.07) is 6.87. The van der Waals surface area contributed by atoms with Crippen molar-refractivity contribution in [2.45, 2.75) is 58.3 Å². The number of Topliss-reactive ketones (excluding diaryl/α,β-unsaturated/α-hetero) is 1. The summed E-state index contributed by atoms with van der Waals surface area (Å²) >= 11 is 0. The van der Waals surface area contributed by atoms with Crippen molar-refractivity contribution in [1.82, 2.24) is 5.32 Å². The number of amides is 1. The Bertz CT molecular complexity index is 708. The summed E-state index contributed by atoms with van der Waals surface area (Å²) < 4.78 is 10.4. The van der Waals surface area contributed by atoms with Crippen molar-refractivity contribution in [2.75, 3.05) is 19.8 Å². The molecule has 1 aliphatic rings. The van der Waals surface area contributed by atoms with Gasteiger partial charge >= 0.3 is 5.97 Å². The van der Waals surface area contributed by atoms with Gasteiger partial charge in [0.1, 0.15) is 5.75 Å². The van der Waals surface area contributed by atoms with Crippen LogP contribution in [0.25, 0.3) is 0 Å². The molecule has 0 aromatic heterocycles. The van der Waals surface area contributed by atoms with Gasteiger partial charge < -0.3 is 14.8 Å². The first-order valence-electron chi connectivity index (χ1n) is 10.4. The Morgan fingerprint density at radius 2 is 1.86 bits per heavy atom. The van der Waals surface area contributed by atoms with E-state index in [1.54, 1.807) is 24.3 Å². The highest BCUT2D eigenvalue weighted by Gasteiger charge is 2.12. The Morgan fingerprint density at radius 3 is 2.55 bits per heavy atom. The fraction of sp³-hybridized carbons (Fsp3) is 0.522. The van der Waals surface area contributed by atoms with Gasteiger partial charge in [-0.2, -0.15) is 0 Å². The number of nitrogens with one attached hydrogen (secondary N) is 1. The summed E-state index contributed by atoms with van der Waals surface area (Å²) in [5, 5.41) is 2.76. The highest BCUT2D eigenvalue weighted by atomic mass is 16.5. The van der Waals surface area contributed by atoms with Gasteiger partial charge in [0.05, 0.1) is 13.0 Å². The maximum Gasteiger partial charge on any atom is 0.306 e. The Hall–Kier alpha value is -2.63. The third kappa shape index (κ3) is 8.94. The molecule has 0 bridgehead atoms. The molecule has 0 spiro atoms. The Morgan fingerprint density at radius 1 is 1.07 bits per heavy atom. The lowest BCUT2D eigenvalue weighted by Crippen LogP contribution is -2.30. The topological polar surface area (TPSA) is 81.7 Å². The predicted molar refractivity (Wildman–Crippen MR) is 111 cm³/mol. The zero-order valence-electron chi connectivity index (χ0n) is 17.2. The van der Waals surface area contributed by atoms with Crippen LogP contribution in [0, 0.1) is 0 Å². The lowest BCUT2D eigenvalue weighted by molar-refractivity contribution is -0.148. The number of rotatable bonds is 12. The van der Waals surface area contributed by atoms with E-state index in [0.717, 1.165) is 25.7 Å². The molecule has 1 aromatic rings. The summed E-state index contributed by atoms with van der Waals surface area (Å²) in [5.74, 6) is -0.294. The Kier molecular flexibility index (Phi) is 9.96. The lowest BCUT2D eigenvalue weighted by Gasteiger charge is -2.13. The molecule has 0 atom stereocenters. The van der Waals surface area contributed by atoms with Gasteiger partial charge in [0.25, 0.3) is 5.91 Å². The number of ketones is 1. The smallest absolute Gasteiger partial charge is 0.306 e. The minimum atomic E-state index is -0.550. The van der Waals surface area contributed by atoms with Crippen LogP contribution in [0.1, 0.15) is 68.6 Å². The Labute approximate surface area is 172 Å². The molecule has 0 heterocycles. The van der Waals surface area contributed by atoms with Crippen LogP contribution >= 0.6 is 0 Å². The van der Waals surface area contributed by atoms with Crippen molar-refractivity contribution >= 4 is 17.7 Å². The molecule has 0 fully saturated rings. The fourth-order valence-electron chi connectivity index (χ4n) is 3.08. The molecule has 0 radical (unpaired) electrons. The zero-order valence-corrected chi connectivity index (χ0v) is 17.2. The van der Waals surface area contributed by atoms with Crippen LogP contribution in [0.15, 0.2) is 35.9 Å². The first kappa shape index (κ1) is 22.7. The van der Waals surface area contributed by atoms with Gasteiger partial charge in [0.2, 0.25) is 0 Å². The maximum absolute atomic E-state index is 12.2. The molecule has 0 unspecified atom stereocenters. The molecule has 1 N–H and O–H groups in total. The van der Waals surface area contributed by atoms with E-state index < -0.39 is 5.97 Å². The van der Waals surface area contributed by atoms with Crippen LogP contribution in [-0.4, -0.2) is 37.4 Å². The quantitative estimate of drug-likeness (QED) is 0.325. The van der Waals surface area contributed by atoms with Crippen LogP contribution in [0.2, 0.25) is 0 Å². The van der Waals surface area contributed by atoms with E-state index in [0.29, 0.717) is 24.5 Å². The molecular weight excluding hydrogens is 370 g/mol. The standard InChI is InChI=1S/C23H31NO5/c1-2-16-28-20-10-8-19(9-11-20)21(25)12-13-23(27)29-17-22(26)24-15-14-18-6-4-3-5-7-18/h6,8-11H,2-5,7,12-17H2,1H3,(H,24,26). The lowest BCUT2D eigenvalue weighted by atomic mass is 9.97. The minimum absolute atomic E-state index is 0.0454. The van der Waals surface area contributed by atoms with E-state index in [-0.39, 0.29) is 31.1 Å². The maximum atomic E-state index is 12.2. The molecule has 29 heavy (non-hydrogen) atoms. The second-order valence-corrected chi connectivity index (χ2v) is 7.16. The van der Waals surface area contributed by atoms with Gasteiger partial charge in [-0.15, -0.1) is 0 Å². The number of allylic oxidation sites excluding steroid dienone is 1. The molecule has 2 rings (SSSR count). The van der Waals surface area contributed by atoms with E-state index >= 15 is 0 Å². The molecule has 0 saturated carbocycles. The number of hydrogen-bond acceptors (Lipinski definition) is 5. The van der Waals surface area contributed by atoms with Gasteiger partial charge in [0, 0.05) is 18.5 Å². The number of benzene rings is 1. The molecule has 6 nitrogen and oxygen atoms in total. The van der Waals surface area contributed by atoms with Crippen molar-refractivity contribution in [2.24, 2.45) is 0 Å². The number of esters is 1. The molecule has 0 aliphatic heterocycles. The summed E-state index contributed by atoms with van der Waals surface area (Å²) in [6.07, 6.45) is 8.69. The van der Waals surface area contributed by atoms with Crippen molar-refractivity contribution in [3.05, 3.63) is 41.5 Å². The molecule has 1 aromatic carbocycles. The number of carbonyl (C=O) groups is 3. The van der Waals surface area contributed by atoms with Crippen LogP contribution in [0.4, 0.5) is 0 Å². The van der Waals surface area contributed by atoms with Gasteiger partial charge in [-0.05, 0) is 62.8 Å². The van der Waals surface area contributed by atoms with Crippen LogP contribution in [0.5, 0.6) is 5.75 Å². The van der Waals surface area contributed by atoms with Gasteiger partial charge in [-0.25, -0.2) is 0 Å². The van der Waals surface area contributed by atoms with Crippen molar-refractivity contribution in [1.29, 1.82) is 0 Å². The second-order valence-electron chi connectivity index (χ2n) is 7.16. The highest BCUT2D eigenvalue weighted by Crippen LogP contribution is 2.19. The number of ether oxygens (including phenoxy) is 2. The summed E-state index contributed by atoms with van der Waals surface area (Å²) in [4.78, 5) is 35.7. The largest absolute Gasteiger partial charge is 0.494 e. The molecular formula is C23H31NO5. The van der Waals surface area contributed by atoms with Crippen LogP contribution in [-0.2, 0) is 14.3 Å². The SMILES string of the molecule is CCCOc1ccc(C(=O)CCC(=O)OCC(=O)NCCC2=CCCCC2)cc1. The van der Waals surface area contributed by atoms with E-state index in [1.165, 1.54) is 18.4 Å². The minimum Gasteiger partial charge on any atom is -0.494 e. The third-order valence-electron chi connectivity index (χ3n) is 4.72. The monoisotopic (exact) mass is 401 g/mol. The molecule has 0 saturated heterocycles. The van der Waals surface area contributed by atoms with E-state index in [1.807, 2.05) is 6.92 Å². The fourth-order valence-corrected chi connectivity index (χ4v) is 3.08.